The van der Waals surface area contributed by atoms with Gasteiger partial charge in [-0.25, -0.2) is 9.78 Å². The van der Waals surface area contributed by atoms with Gasteiger partial charge in [0.05, 0.1) is 0 Å². The Morgan fingerprint density at radius 2 is 2.09 bits per heavy atom. The lowest BCUT2D eigenvalue weighted by Gasteiger charge is -2.33. The summed E-state index contributed by atoms with van der Waals surface area (Å²) in [6.07, 6.45) is 5.67. The molecule has 0 atom stereocenters. The molecule has 1 N–H and O–H groups in total. The number of piperidine rings is 1. The van der Waals surface area contributed by atoms with Crippen LogP contribution in [-0.4, -0.2) is 39.7 Å². The van der Waals surface area contributed by atoms with Crippen LogP contribution < -0.4 is 0 Å². The van der Waals surface area contributed by atoms with Crippen molar-refractivity contribution in [2.45, 2.75) is 45.1 Å². The highest BCUT2D eigenvalue weighted by atomic mass is 79.9. The summed E-state index contributed by atoms with van der Waals surface area (Å²) in [4.78, 5) is 21.6. The van der Waals surface area contributed by atoms with Crippen LogP contribution in [0.25, 0.3) is 10.9 Å². The van der Waals surface area contributed by atoms with E-state index in [0.29, 0.717) is 5.92 Å². The van der Waals surface area contributed by atoms with E-state index < -0.39 is 5.60 Å². The van der Waals surface area contributed by atoms with E-state index in [1.165, 1.54) is 10.9 Å². The number of nitrogens with one attached hydrogen (secondary N) is 1. The van der Waals surface area contributed by atoms with Gasteiger partial charge in [0, 0.05) is 36.4 Å². The Hall–Kier alpha value is -1.56. The highest BCUT2D eigenvalue weighted by molar-refractivity contribution is 9.10. The molecule has 0 unspecified atom stereocenters. The summed E-state index contributed by atoms with van der Waals surface area (Å²) < 4.78 is 6.28. The van der Waals surface area contributed by atoms with Crippen LogP contribution in [0.2, 0.25) is 0 Å². The number of hydrogen-bond acceptors (Lipinski definition) is 3. The second-order valence-corrected chi connectivity index (χ2v) is 7.85. The number of ether oxygens (including phenoxy) is 1. The Bertz CT molecular complexity index is 712. The predicted molar refractivity (Wildman–Crippen MR) is 93.6 cm³/mol. The third kappa shape index (κ3) is 3.68. The molecule has 23 heavy (non-hydrogen) atoms. The quantitative estimate of drug-likeness (QED) is 0.745. The number of likely N-dealkylation sites (tertiary alicyclic amines) is 1. The van der Waals surface area contributed by atoms with E-state index in [1.54, 1.807) is 0 Å². The second-order valence-electron chi connectivity index (χ2n) is 7.04. The van der Waals surface area contributed by atoms with Crippen molar-refractivity contribution < 1.29 is 9.53 Å². The Labute approximate surface area is 144 Å². The molecule has 0 saturated carbocycles. The highest BCUT2D eigenvalue weighted by Crippen LogP contribution is 2.33. The number of aromatic amines is 1. The summed E-state index contributed by atoms with van der Waals surface area (Å²) in [5.41, 5.74) is 1.95. The van der Waals surface area contributed by atoms with Crippen molar-refractivity contribution in [2.24, 2.45) is 0 Å². The monoisotopic (exact) mass is 379 g/mol. The maximum Gasteiger partial charge on any atom is 0.410 e. The Kier molecular flexibility index (Phi) is 4.36. The number of fused-ring (bicyclic) bond motifs is 1. The summed E-state index contributed by atoms with van der Waals surface area (Å²) in [6, 6.07) is 1.99. The topological polar surface area (TPSA) is 58.2 Å². The summed E-state index contributed by atoms with van der Waals surface area (Å²) in [6.45, 7) is 7.16. The Morgan fingerprint density at radius 3 is 2.74 bits per heavy atom. The van der Waals surface area contributed by atoms with Crippen LogP contribution in [0, 0.1) is 0 Å². The molecule has 2 aromatic heterocycles. The van der Waals surface area contributed by atoms with Gasteiger partial charge >= 0.3 is 6.09 Å². The van der Waals surface area contributed by atoms with Crippen molar-refractivity contribution in [1.82, 2.24) is 14.9 Å². The standard InChI is InChI=1S/C17H22BrN3O2/c1-17(2,3)23-16(22)21-6-4-11(5-7-21)12-9-19-14-8-15(18)20-10-13(12)14/h8-11,19H,4-7H2,1-3H3. The first-order valence-corrected chi connectivity index (χ1v) is 8.73. The number of aromatic nitrogens is 2. The molecular formula is C17H22BrN3O2. The minimum Gasteiger partial charge on any atom is -0.444 e. The number of amides is 1. The molecule has 1 aliphatic heterocycles. The van der Waals surface area contributed by atoms with Crippen molar-refractivity contribution in [3.63, 3.8) is 0 Å². The van der Waals surface area contributed by atoms with Crippen molar-refractivity contribution in [2.75, 3.05) is 13.1 Å². The fourth-order valence-corrected chi connectivity index (χ4v) is 3.38. The third-order valence-corrected chi connectivity index (χ3v) is 4.58. The largest absolute Gasteiger partial charge is 0.444 e. The number of H-pyrrole nitrogens is 1. The lowest BCUT2D eigenvalue weighted by molar-refractivity contribution is 0.0205. The van der Waals surface area contributed by atoms with Crippen molar-refractivity contribution in [3.05, 3.63) is 28.6 Å². The van der Waals surface area contributed by atoms with Gasteiger partial charge in [0.1, 0.15) is 10.2 Å². The van der Waals surface area contributed by atoms with Gasteiger partial charge < -0.3 is 14.6 Å². The van der Waals surface area contributed by atoms with Gasteiger partial charge in [-0.1, -0.05) is 0 Å². The average Bonchev–Trinajstić information content (AvgIpc) is 2.88. The van der Waals surface area contributed by atoms with Crippen molar-refractivity contribution >= 4 is 32.9 Å². The number of rotatable bonds is 1. The highest BCUT2D eigenvalue weighted by Gasteiger charge is 2.28. The first-order chi connectivity index (χ1) is 10.8. The van der Waals surface area contributed by atoms with E-state index in [4.69, 9.17) is 4.74 Å². The summed E-state index contributed by atoms with van der Waals surface area (Å²) in [5, 5.41) is 1.17. The second kappa shape index (κ2) is 6.15. The van der Waals surface area contributed by atoms with E-state index in [0.717, 1.165) is 36.1 Å². The molecule has 0 spiro atoms. The average molecular weight is 380 g/mol. The van der Waals surface area contributed by atoms with Gasteiger partial charge in [0.15, 0.2) is 0 Å². The normalized spacial score (nSPS) is 16.8. The van der Waals surface area contributed by atoms with Crippen LogP contribution >= 0.6 is 15.9 Å². The van der Waals surface area contributed by atoms with Gasteiger partial charge in [-0.15, -0.1) is 0 Å². The summed E-state index contributed by atoms with van der Waals surface area (Å²) >= 11 is 3.40. The smallest absolute Gasteiger partial charge is 0.410 e. The lowest BCUT2D eigenvalue weighted by Crippen LogP contribution is -2.41. The maximum atomic E-state index is 12.1. The number of pyridine rings is 1. The molecule has 1 amide bonds. The predicted octanol–water partition coefficient (Wildman–Crippen LogP) is 4.44. The number of carbonyl (C=O) groups is 1. The zero-order valence-corrected chi connectivity index (χ0v) is 15.3. The lowest BCUT2D eigenvalue weighted by atomic mass is 9.90. The van der Waals surface area contributed by atoms with Gasteiger partial charge in [-0.2, -0.15) is 0 Å². The minimum absolute atomic E-state index is 0.208. The summed E-state index contributed by atoms with van der Waals surface area (Å²) in [5.74, 6) is 0.449. The van der Waals surface area contributed by atoms with Crippen molar-refractivity contribution in [3.8, 4) is 0 Å². The fourth-order valence-electron chi connectivity index (χ4n) is 3.05. The number of hydrogen-bond donors (Lipinski definition) is 1. The van der Waals surface area contributed by atoms with Crippen LogP contribution in [0.1, 0.15) is 45.1 Å². The molecule has 0 aliphatic carbocycles. The zero-order chi connectivity index (χ0) is 16.6. The van der Waals surface area contributed by atoms with Gasteiger partial charge in [0.2, 0.25) is 0 Å². The number of nitrogens with zero attached hydrogens (tertiary/aromatic N) is 2. The van der Waals surface area contributed by atoms with Crippen LogP contribution in [0.5, 0.6) is 0 Å². The van der Waals surface area contributed by atoms with Crippen LogP contribution in [0.3, 0.4) is 0 Å². The van der Waals surface area contributed by atoms with E-state index in [2.05, 4.69) is 32.1 Å². The molecule has 1 aliphatic rings. The molecule has 0 bridgehead atoms. The van der Waals surface area contributed by atoms with E-state index in [-0.39, 0.29) is 6.09 Å². The molecule has 2 aromatic rings. The molecule has 0 radical (unpaired) electrons. The summed E-state index contributed by atoms with van der Waals surface area (Å²) in [7, 11) is 0. The maximum absolute atomic E-state index is 12.1. The van der Waals surface area contributed by atoms with Gasteiger partial charge in [-0.3, -0.25) is 0 Å². The van der Waals surface area contributed by atoms with E-state index >= 15 is 0 Å². The molecular weight excluding hydrogens is 358 g/mol. The molecule has 6 heteroatoms. The minimum atomic E-state index is -0.441. The van der Waals surface area contributed by atoms with Crippen LogP contribution in [0.4, 0.5) is 4.79 Å². The van der Waals surface area contributed by atoms with Crippen LogP contribution in [-0.2, 0) is 4.74 Å². The number of halogens is 1. The molecule has 1 saturated heterocycles. The zero-order valence-electron chi connectivity index (χ0n) is 13.7. The molecule has 0 aromatic carbocycles. The first kappa shape index (κ1) is 16.3. The third-order valence-electron chi connectivity index (χ3n) is 4.15. The van der Waals surface area contributed by atoms with Crippen LogP contribution in [0.15, 0.2) is 23.1 Å². The number of carbonyl (C=O) groups excluding carboxylic acids is 1. The Morgan fingerprint density at radius 1 is 1.39 bits per heavy atom. The van der Waals surface area contributed by atoms with Gasteiger partial charge in [-0.05, 0) is 67.1 Å². The molecule has 5 nitrogen and oxygen atoms in total. The molecule has 124 valence electrons. The Balaban J connectivity index is 1.67. The van der Waals surface area contributed by atoms with E-state index in [1.807, 2.05) is 37.9 Å². The SMILES string of the molecule is CC(C)(C)OC(=O)N1CCC(c2c[nH]c3cc(Br)ncc23)CC1. The fraction of sp³-hybridized carbons (Fsp3) is 0.529. The van der Waals surface area contributed by atoms with Crippen molar-refractivity contribution in [1.29, 1.82) is 0 Å². The molecule has 3 heterocycles. The molecule has 1 fully saturated rings. The first-order valence-electron chi connectivity index (χ1n) is 7.94. The molecule has 3 rings (SSSR count). The van der Waals surface area contributed by atoms with E-state index in [9.17, 15) is 4.79 Å². The van der Waals surface area contributed by atoms with Gasteiger partial charge in [0.25, 0.3) is 0 Å².